The number of aryl methyl sites for hydroxylation is 1. The molecule has 0 bridgehead atoms. The van der Waals surface area contributed by atoms with Crippen molar-refractivity contribution in [1.29, 1.82) is 0 Å². The van der Waals surface area contributed by atoms with Crippen LogP contribution in [0.3, 0.4) is 0 Å². The first kappa shape index (κ1) is 22.3. The number of aliphatic imine (C=N–C) groups is 1. The van der Waals surface area contributed by atoms with Crippen LogP contribution in [0.25, 0.3) is 0 Å². The van der Waals surface area contributed by atoms with Gasteiger partial charge in [0.05, 0.1) is 5.69 Å². The van der Waals surface area contributed by atoms with E-state index >= 15 is 0 Å². The van der Waals surface area contributed by atoms with Gasteiger partial charge in [-0.3, -0.25) is 14.6 Å². The maximum atomic E-state index is 4.90. The van der Waals surface area contributed by atoms with Gasteiger partial charge in [-0.2, -0.15) is 5.10 Å². The van der Waals surface area contributed by atoms with Crippen LogP contribution in [0, 0.1) is 0 Å². The molecule has 1 aliphatic heterocycles. The minimum absolute atomic E-state index is 0.420. The predicted molar refractivity (Wildman–Crippen MR) is 125 cm³/mol. The number of rotatable bonds is 8. The van der Waals surface area contributed by atoms with Crippen LogP contribution >= 0.6 is 0 Å². The van der Waals surface area contributed by atoms with Crippen molar-refractivity contribution in [2.24, 2.45) is 12.0 Å². The van der Waals surface area contributed by atoms with Crippen LogP contribution in [-0.4, -0.2) is 58.8 Å². The summed E-state index contributed by atoms with van der Waals surface area (Å²) in [6, 6.07) is 8.83. The van der Waals surface area contributed by atoms with Crippen LogP contribution in [0.15, 0.2) is 35.5 Å². The van der Waals surface area contributed by atoms with Crippen LogP contribution < -0.4 is 5.32 Å². The number of nitrogens with zero attached hydrogens (tertiary/aromatic N) is 5. The molecule has 0 radical (unpaired) electrons. The molecule has 3 rings (SSSR count). The third-order valence-corrected chi connectivity index (χ3v) is 5.69. The minimum atomic E-state index is 0.420. The Morgan fingerprint density at radius 3 is 2.77 bits per heavy atom. The smallest absolute Gasteiger partial charge is 0.193 e. The average Bonchev–Trinajstić information content (AvgIpc) is 3.10. The van der Waals surface area contributed by atoms with Gasteiger partial charge in [0, 0.05) is 65.1 Å². The maximum absolute atomic E-state index is 4.90. The highest BCUT2D eigenvalue weighted by Gasteiger charge is 2.16. The molecule has 1 aromatic heterocycles. The summed E-state index contributed by atoms with van der Waals surface area (Å²) in [5.74, 6) is 1.39. The highest BCUT2D eigenvalue weighted by atomic mass is 15.3. The van der Waals surface area contributed by atoms with E-state index in [1.807, 2.05) is 11.7 Å². The molecular formula is C24H38N6. The number of nitrogens with one attached hydrogen (secondary N) is 1. The Hall–Kier alpha value is -2.34. The summed E-state index contributed by atoms with van der Waals surface area (Å²) >= 11 is 0. The summed E-state index contributed by atoms with van der Waals surface area (Å²) < 4.78 is 1.92. The van der Waals surface area contributed by atoms with E-state index in [1.54, 1.807) is 0 Å². The van der Waals surface area contributed by atoms with Gasteiger partial charge < -0.3 is 10.2 Å². The highest BCUT2D eigenvalue weighted by molar-refractivity contribution is 5.79. The van der Waals surface area contributed by atoms with E-state index in [2.05, 4.69) is 78.5 Å². The van der Waals surface area contributed by atoms with Crippen molar-refractivity contribution >= 4 is 5.96 Å². The summed E-state index contributed by atoms with van der Waals surface area (Å²) in [7, 11) is 4.10. The molecular weight excluding hydrogens is 372 g/mol. The number of hydrogen-bond donors (Lipinski definition) is 1. The lowest BCUT2D eigenvalue weighted by atomic mass is 10.00. The van der Waals surface area contributed by atoms with Crippen molar-refractivity contribution in [1.82, 2.24) is 24.9 Å². The summed E-state index contributed by atoms with van der Waals surface area (Å²) in [4.78, 5) is 9.66. The van der Waals surface area contributed by atoms with E-state index in [4.69, 9.17) is 4.99 Å². The standard InChI is InChI=1S/C24H38N6/c1-6-25-24(28(4)16-22-17-29(5)27-23(22)19(2)3)26-13-9-14-30-15-12-20-10-7-8-11-21(20)18-30/h7-8,10-11,17,19H,6,9,12-16,18H2,1-5H3,(H,25,26). The third-order valence-electron chi connectivity index (χ3n) is 5.69. The van der Waals surface area contributed by atoms with E-state index in [0.717, 1.165) is 58.1 Å². The molecule has 0 unspecified atom stereocenters. The van der Waals surface area contributed by atoms with Gasteiger partial charge in [-0.25, -0.2) is 0 Å². The molecule has 0 aliphatic carbocycles. The van der Waals surface area contributed by atoms with Gasteiger partial charge in [0.15, 0.2) is 5.96 Å². The number of hydrogen-bond acceptors (Lipinski definition) is 3. The number of aromatic nitrogens is 2. The fourth-order valence-corrected chi connectivity index (χ4v) is 4.19. The largest absolute Gasteiger partial charge is 0.357 e. The lowest BCUT2D eigenvalue weighted by molar-refractivity contribution is 0.252. The minimum Gasteiger partial charge on any atom is -0.357 e. The molecule has 30 heavy (non-hydrogen) atoms. The first-order valence-corrected chi connectivity index (χ1v) is 11.3. The van der Waals surface area contributed by atoms with Crippen molar-refractivity contribution in [2.45, 2.75) is 52.6 Å². The average molecular weight is 411 g/mol. The monoisotopic (exact) mass is 410 g/mol. The number of benzene rings is 1. The fraction of sp³-hybridized carbons (Fsp3) is 0.583. The summed E-state index contributed by atoms with van der Waals surface area (Å²) in [6.45, 7) is 12.4. The SMILES string of the molecule is CCNC(=NCCCN1CCc2ccccc2C1)N(C)Cc1cn(C)nc1C(C)C. The van der Waals surface area contributed by atoms with Crippen LogP contribution in [0.1, 0.15) is 55.5 Å². The van der Waals surface area contributed by atoms with E-state index in [-0.39, 0.29) is 0 Å². The Kier molecular flexibility index (Phi) is 7.91. The Labute approximate surface area is 182 Å². The van der Waals surface area contributed by atoms with Gasteiger partial charge in [-0.1, -0.05) is 38.1 Å². The molecule has 0 saturated carbocycles. The summed E-state index contributed by atoms with van der Waals surface area (Å²) in [6.07, 6.45) is 4.37. The van der Waals surface area contributed by atoms with Gasteiger partial charge in [-0.05, 0) is 36.8 Å². The Balaban J connectivity index is 1.53. The second kappa shape index (κ2) is 10.6. The normalized spacial score (nSPS) is 14.8. The summed E-state index contributed by atoms with van der Waals surface area (Å²) in [5, 5.41) is 8.08. The fourth-order valence-electron chi connectivity index (χ4n) is 4.19. The van der Waals surface area contributed by atoms with Crippen molar-refractivity contribution in [2.75, 3.05) is 33.2 Å². The molecule has 2 aromatic rings. The van der Waals surface area contributed by atoms with Crippen molar-refractivity contribution in [3.8, 4) is 0 Å². The summed E-state index contributed by atoms with van der Waals surface area (Å²) in [5.41, 5.74) is 5.44. The van der Waals surface area contributed by atoms with Crippen LogP contribution in [0.4, 0.5) is 0 Å². The first-order chi connectivity index (χ1) is 14.5. The topological polar surface area (TPSA) is 48.7 Å². The third kappa shape index (κ3) is 5.85. The number of fused-ring (bicyclic) bond motifs is 1. The molecule has 6 heteroatoms. The Morgan fingerprint density at radius 1 is 1.27 bits per heavy atom. The molecule has 1 aromatic carbocycles. The lowest BCUT2D eigenvalue weighted by Crippen LogP contribution is -2.39. The number of guanidine groups is 1. The first-order valence-electron chi connectivity index (χ1n) is 11.3. The van der Waals surface area contributed by atoms with Gasteiger partial charge in [0.2, 0.25) is 0 Å². The van der Waals surface area contributed by atoms with Gasteiger partial charge in [-0.15, -0.1) is 0 Å². The molecule has 0 saturated heterocycles. The molecule has 164 valence electrons. The van der Waals surface area contributed by atoms with E-state index in [0.29, 0.717) is 5.92 Å². The zero-order chi connectivity index (χ0) is 21.5. The van der Waals surface area contributed by atoms with Crippen LogP contribution in [-0.2, 0) is 26.6 Å². The van der Waals surface area contributed by atoms with E-state index in [9.17, 15) is 0 Å². The highest BCUT2D eigenvalue weighted by Crippen LogP contribution is 2.19. The molecule has 0 atom stereocenters. The zero-order valence-corrected chi connectivity index (χ0v) is 19.4. The second-order valence-electron chi connectivity index (χ2n) is 8.61. The van der Waals surface area contributed by atoms with Crippen molar-refractivity contribution in [3.05, 3.63) is 52.8 Å². The molecule has 2 heterocycles. The zero-order valence-electron chi connectivity index (χ0n) is 19.4. The molecule has 0 spiro atoms. The quantitative estimate of drug-likeness (QED) is 0.412. The van der Waals surface area contributed by atoms with E-state index in [1.165, 1.54) is 22.4 Å². The van der Waals surface area contributed by atoms with Crippen LogP contribution in [0.5, 0.6) is 0 Å². The second-order valence-corrected chi connectivity index (χ2v) is 8.61. The van der Waals surface area contributed by atoms with Gasteiger partial charge in [0.25, 0.3) is 0 Å². The van der Waals surface area contributed by atoms with Crippen LogP contribution in [0.2, 0.25) is 0 Å². The molecule has 0 amide bonds. The van der Waals surface area contributed by atoms with Gasteiger partial charge in [0.1, 0.15) is 0 Å². The maximum Gasteiger partial charge on any atom is 0.193 e. The van der Waals surface area contributed by atoms with E-state index < -0.39 is 0 Å². The molecule has 0 fully saturated rings. The molecule has 1 aliphatic rings. The lowest BCUT2D eigenvalue weighted by Gasteiger charge is -2.28. The van der Waals surface area contributed by atoms with Crippen molar-refractivity contribution in [3.63, 3.8) is 0 Å². The molecule has 1 N–H and O–H groups in total. The Bertz CT molecular complexity index is 838. The molecule has 6 nitrogen and oxygen atoms in total. The van der Waals surface area contributed by atoms with Crippen molar-refractivity contribution < 1.29 is 0 Å². The van der Waals surface area contributed by atoms with Gasteiger partial charge >= 0.3 is 0 Å². The Morgan fingerprint density at radius 2 is 2.03 bits per heavy atom. The predicted octanol–water partition coefficient (Wildman–Crippen LogP) is 3.39.